The molecule has 0 unspecified atom stereocenters. The molecular formula is C13H14F3NO. The first-order chi connectivity index (χ1) is 8.29. The Kier molecular flexibility index (Phi) is 4.53. The maximum atomic E-state index is 12.3. The lowest BCUT2D eigenvalue weighted by Crippen LogP contribution is -2.27. The zero-order chi connectivity index (χ0) is 13.8. The zero-order valence-corrected chi connectivity index (χ0v) is 10.2. The predicted octanol–water partition coefficient (Wildman–Crippen LogP) is 3.50. The molecule has 0 fully saturated rings. The molecule has 2 nitrogen and oxygen atoms in total. The van der Waals surface area contributed by atoms with Crippen molar-refractivity contribution < 1.29 is 18.0 Å². The second-order valence-corrected chi connectivity index (χ2v) is 3.92. The summed E-state index contributed by atoms with van der Waals surface area (Å²) >= 11 is 0. The van der Waals surface area contributed by atoms with Crippen LogP contribution in [0.5, 0.6) is 0 Å². The van der Waals surface area contributed by atoms with E-state index in [1.54, 1.807) is 30.3 Å². The van der Waals surface area contributed by atoms with Gasteiger partial charge >= 0.3 is 6.18 Å². The first-order valence-corrected chi connectivity index (χ1v) is 5.38. The number of rotatable bonds is 3. The first-order valence-electron chi connectivity index (χ1n) is 5.38. The van der Waals surface area contributed by atoms with E-state index in [-0.39, 0.29) is 18.3 Å². The van der Waals surface area contributed by atoms with E-state index in [9.17, 15) is 18.0 Å². The van der Waals surface area contributed by atoms with Crippen LogP contribution in [0.3, 0.4) is 0 Å². The number of benzene rings is 1. The van der Waals surface area contributed by atoms with Gasteiger partial charge in [-0.3, -0.25) is 4.79 Å². The van der Waals surface area contributed by atoms with Crippen molar-refractivity contribution in [3.8, 4) is 0 Å². The van der Waals surface area contributed by atoms with Crippen LogP contribution in [0.25, 0.3) is 0 Å². The van der Waals surface area contributed by atoms with Crippen molar-refractivity contribution in [3.63, 3.8) is 0 Å². The number of nitrogens with zero attached hydrogens (tertiary/aromatic N) is 1. The Hall–Kier alpha value is -1.78. The van der Waals surface area contributed by atoms with Crippen molar-refractivity contribution in [1.29, 1.82) is 0 Å². The summed E-state index contributed by atoms with van der Waals surface area (Å²) in [5, 5.41) is 0. The van der Waals surface area contributed by atoms with Crippen LogP contribution >= 0.6 is 0 Å². The molecule has 5 heteroatoms. The second-order valence-electron chi connectivity index (χ2n) is 3.92. The Morgan fingerprint density at radius 3 is 2.22 bits per heavy atom. The Morgan fingerprint density at radius 1 is 1.22 bits per heavy atom. The minimum Gasteiger partial charge on any atom is -0.312 e. The molecule has 0 radical (unpaired) electrons. The summed E-state index contributed by atoms with van der Waals surface area (Å²) in [7, 11) is 0. The number of alkyl halides is 3. The fourth-order valence-corrected chi connectivity index (χ4v) is 1.57. The van der Waals surface area contributed by atoms with Crippen LogP contribution in [-0.4, -0.2) is 17.0 Å². The minimum absolute atomic E-state index is 0.112. The third-order valence-electron chi connectivity index (χ3n) is 2.36. The molecular weight excluding hydrogens is 243 g/mol. The van der Waals surface area contributed by atoms with Crippen molar-refractivity contribution >= 4 is 5.91 Å². The molecule has 1 aromatic rings. The van der Waals surface area contributed by atoms with Crippen molar-refractivity contribution in [2.45, 2.75) is 26.6 Å². The van der Waals surface area contributed by atoms with Gasteiger partial charge in [0, 0.05) is 18.7 Å². The highest BCUT2D eigenvalue weighted by Gasteiger charge is 2.25. The molecule has 0 heterocycles. The molecule has 0 aliphatic rings. The van der Waals surface area contributed by atoms with Gasteiger partial charge in [0.25, 0.3) is 0 Å². The van der Waals surface area contributed by atoms with E-state index in [4.69, 9.17) is 0 Å². The third kappa shape index (κ3) is 4.61. The maximum absolute atomic E-state index is 12.3. The van der Waals surface area contributed by atoms with E-state index >= 15 is 0 Å². The fraction of sp³-hybridized carbons (Fsp3) is 0.308. The summed E-state index contributed by atoms with van der Waals surface area (Å²) in [4.78, 5) is 12.5. The molecule has 98 valence electrons. The number of halogens is 3. The maximum Gasteiger partial charge on any atom is 0.411 e. The number of hydrogen-bond donors (Lipinski definition) is 0. The molecule has 0 atom stereocenters. The lowest BCUT2D eigenvalue weighted by molar-refractivity contribution is -0.127. The number of amides is 1. The molecule has 1 amide bonds. The molecule has 0 N–H and O–H groups in total. The smallest absolute Gasteiger partial charge is 0.312 e. The highest BCUT2D eigenvalue weighted by Crippen LogP contribution is 2.21. The third-order valence-corrected chi connectivity index (χ3v) is 2.36. The van der Waals surface area contributed by atoms with Gasteiger partial charge in [0.2, 0.25) is 5.91 Å². The molecule has 0 saturated heterocycles. The Balaban J connectivity index is 2.91. The SMILES string of the molecule is CC(=O)N(Cc1ccccc1)/C(C)=C/C(F)(F)F. The van der Waals surface area contributed by atoms with Gasteiger partial charge in [-0.2, -0.15) is 13.2 Å². The van der Waals surface area contributed by atoms with Gasteiger partial charge in [0.15, 0.2) is 0 Å². The van der Waals surface area contributed by atoms with Gasteiger partial charge in [-0.05, 0) is 12.5 Å². The van der Waals surface area contributed by atoms with E-state index in [2.05, 4.69) is 0 Å². The average Bonchev–Trinajstić information content (AvgIpc) is 2.24. The van der Waals surface area contributed by atoms with E-state index in [1.165, 1.54) is 13.8 Å². The lowest BCUT2D eigenvalue weighted by Gasteiger charge is -2.22. The first kappa shape index (κ1) is 14.3. The van der Waals surface area contributed by atoms with Crippen LogP contribution in [0.1, 0.15) is 19.4 Å². The Labute approximate surface area is 104 Å². The van der Waals surface area contributed by atoms with Crippen molar-refractivity contribution in [2.75, 3.05) is 0 Å². The molecule has 0 aromatic heterocycles. The molecule has 1 rings (SSSR count). The molecule has 1 aromatic carbocycles. The number of allylic oxidation sites excluding steroid dienone is 2. The van der Waals surface area contributed by atoms with Crippen LogP contribution in [0.2, 0.25) is 0 Å². The van der Waals surface area contributed by atoms with Gasteiger partial charge in [0.1, 0.15) is 0 Å². The van der Waals surface area contributed by atoms with Crippen LogP contribution < -0.4 is 0 Å². The largest absolute Gasteiger partial charge is 0.411 e. The summed E-state index contributed by atoms with van der Waals surface area (Å²) in [5.41, 5.74) is 0.668. The van der Waals surface area contributed by atoms with Gasteiger partial charge in [-0.15, -0.1) is 0 Å². The van der Waals surface area contributed by atoms with Gasteiger partial charge in [-0.25, -0.2) is 0 Å². The molecule has 18 heavy (non-hydrogen) atoms. The summed E-state index contributed by atoms with van der Waals surface area (Å²) in [6.45, 7) is 2.66. The highest BCUT2D eigenvalue weighted by atomic mass is 19.4. The molecule has 0 saturated carbocycles. The van der Waals surface area contributed by atoms with Gasteiger partial charge in [-0.1, -0.05) is 30.3 Å². The summed E-state index contributed by atoms with van der Waals surface area (Å²) in [5.74, 6) is -0.420. The molecule has 0 spiro atoms. The molecule has 0 aliphatic heterocycles. The van der Waals surface area contributed by atoms with E-state index in [1.807, 2.05) is 0 Å². The number of carbonyl (C=O) groups is 1. The summed E-state index contributed by atoms with van der Waals surface area (Å²) in [6, 6.07) is 8.88. The van der Waals surface area contributed by atoms with Crippen molar-refractivity contribution in [2.24, 2.45) is 0 Å². The van der Waals surface area contributed by atoms with Crippen LogP contribution in [0.15, 0.2) is 42.1 Å². The van der Waals surface area contributed by atoms with Crippen LogP contribution in [0, 0.1) is 0 Å². The Morgan fingerprint density at radius 2 is 1.78 bits per heavy atom. The standard InChI is InChI=1S/C13H14F3NO/c1-10(8-13(14,15)16)17(11(2)18)9-12-6-4-3-5-7-12/h3-8H,9H2,1-2H3/b10-8+. The average molecular weight is 257 g/mol. The molecule has 0 bridgehead atoms. The van der Waals surface area contributed by atoms with Crippen molar-refractivity contribution in [3.05, 3.63) is 47.7 Å². The normalized spacial score (nSPS) is 12.4. The minimum atomic E-state index is -4.42. The predicted molar refractivity (Wildman–Crippen MR) is 62.5 cm³/mol. The number of carbonyl (C=O) groups excluding carboxylic acids is 1. The summed E-state index contributed by atoms with van der Waals surface area (Å²) in [6.07, 6.45) is -4.29. The topological polar surface area (TPSA) is 20.3 Å². The molecule has 0 aliphatic carbocycles. The zero-order valence-electron chi connectivity index (χ0n) is 10.2. The van der Waals surface area contributed by atoms with E-state index < -0.39 is 12.1 Å². The van der Waals surface area contributed by atoms with Crippen molar-refractivity contribution in [1.82, 2.24) is 4.90 Å². The monoisotopic (exact) mass is 257 g/mol. The number of hydrogen-bond acceptors (Lipinski definition) is 1. The van der Waals surface area contributed by atoms with E-state index in [0.717, 1.165) is 10.5 Å². The van der Waals surface area contributed by atoms with E-state index in [0.29, 0.717) is 0 Å². The highest BCUT2D eigenvalue weighted by molar-refractivity contribution is 5.75. The lowest BCUT2D eigenvalue weighted by atomic mass is 10.2. The second kappa shape index (κ2) is 5.71. The quantitative estimate of drug-likeness (QED) is 0.811. The van der Waals surface area contributed by atoms with Crippen LogP contribution in [-0.2, 0) is 11.3 Å². The fourth-order valence-electron chi connectivity index (χ4n) is 1.57. The van der Waals surface area contributed by atoms with Crippen LogP contribution in [0.4, 0.5) is 13.2 Å². The Bertz CT molecular complexity index is 437. The van der Waals surface area contributed by atoms with Gasteiger partial charge in [0.05, 0.1) is 6.54 Å². The van der Waals surface area contributed by atoms with Gasteiger partial charge < -0.3 is 4.90 Å². The summed E-state index contributed by atoms with van der Waals surface area (Å²) < 4.78 is 36.8.